The number of carboxylic acid groups (broad SMARTS) is 1. The predicted molar refractivity (Wildman–Crippen MR) is 54.4 cm³/mol. The SMILES string of the molecule is CC.O=C(O)/C=C/c1ccc(F)cc1. The van der Waals surface area contributed by atoms with E-state index >= 15 is 0 Å². The minimum absolute atomic E-state index is 0.331. The molecule has 0 aliphatic carbocycles. The summed E-state index contributed by atoms with van der Waals surface area (Å²) in [6.07, 6.45) is 2.41. The van der Waals surface area contributed by atoms with Crippen molar-refractivity contribution in [3.8, 4) is 0 Å². The van der Waals surface area contributed by atoms with Gasteiger partial charge in [-0.05, 0) is 23.8 Å². The summed E-state index contributed by atoms with van der Waals surface area (Å²) < 4.78 is 12.3. The lowest BCUT2D eigenvalue weighted by atomic mass is 10.2. The van der Waals surface area contributed by atoms with Crippen LogP contribution in [-0.4, -0.2) is 11.1 Å². The highest BCUT2D eigenvalue weighted by Gasteiger charge is 1.90. The molecule has 0 amide bonds. The molecule has 0 fully saturated rings. The predicted octanol–water partition coefficient (Wildman–Crippen LogP) is 2.95. The molecule has 14 heavy (non-hydrogen) atoms. The molecule has 0 radical (unpaired) electrons. The van der Waals surface area contributed by atoms with Crippen molar-refractivity contribution < 1.29 is 14.3 Å². The van der Waals surface area contributed by atoms with Crippen molar-refractivity contribution in [2.24, 2.45) is 0 Å². The third-order valence-electron chi connectivity index (χ3n) is 1.29. The van der Waals surface area contributed by atoms with Gasteiger partial charge in [0.1, 0.15) is 5.82 Å². The Kier molecular flexibility index (Phi) is 6.03. The van der Waals surface area contributed by atoms with E-state index in [1.807, 2.05) is 13.8 Å². The quantitative estimate of drug-likeness (QED) is 0.738. The molecule has 2 nitrogen and oxygen atoms in total. The second kappa shape index (κ2) is 6.83. The molecule has 1 N–H and O–H groups in total. The number of benzene rings is 1. The Hall–Kier alpha value is -1.64. The Bertz CT molecular complexity index is 302. The Morgan fingerprint density at radius 3 is 2.21 bits per heavy atom. The first-order valence-electron chi connectivity index (χ1n) is 4.35. The molecule has 0 atom stereocenters. The van der Waals surface area contributed by atoms with E-state index in [4.69, 9.17) is 5.11 Å². The summed E-state index contributed by atoms with van der Waals surface area (Å²) in [7, 11) is 0. The first-order valence-corrected chi connectivity index (χ1v) is 4.35. The first-order chi connectivity index (χ1) is 6.68. The van der Waals surface area contributed by atoms with Gasteiger partial charge in [-0.2, -0.15) is 0 Å². The monoisotopic (exact) mass is 196 g/mol. The zero-order valence-corrected chi connectivity index (χ0v) is 8.20. The van der Waals surface area contributed by atoms with E-state index in [0.717, 1.165) is 6.08 Å². The zero-order valence-electron chi connectivity index (χ0n) is 8.20. The highest BCUT2D eigenvalue weighted by molar-refractivity contribution is 5.85. The van der Waals surface area contributed by atoms with Crippen LogP contribution >= 0.6 is 0 Å². The van der Waals surface area contributed by atoms with Crippen LogP contribution in [0.25, 0.3) is 6.08 Å². The molecule has 1 aromatic rings. The van der Waals surface area contributed by atoms with Crippen molar-refractivity contribution in [2.45, 2.75) is 13.8 Å². The molecule has 0 bridgehead atoms. The summed E-state index contributed by atoms with van der Waals surface area (Å²) in [4.78, 5) is 10.1. The molecule has 0 unspecified atom stereocenters. The first kappa shape index (κ1) is 12.4. The number of aliphatic carboxylic acids is 1. The van der Waals surface area contributed by atoms with Crippen LogP contribution in [0.15, 0.2) is 30.3 Å². The zero-order chi connectivity index (χ0) is 11.0. The minimum Gasteiger partial charge on any atom is -0.478 e. The fraction of sp³-hybridized carbons (Fsp3) is 0.182. The smallest absolute Gasteiger partial charge is 0.328 e. The van der Waals surface area contributed by atoms with E-state index < -0.39 is 5.97 Å². The van der Waals surface area contributed by atoms with Crippen LogP contribution in [0.1, 0.15) is 19.4 Å². The van der Waals surface area contributed by atoms with Crippen LogP contribution in [0.2, 0.25) is 0 Å². The summed E-state index contributed by atoms with van der Waals surface area (Å²) in [5.41, 5.74) is 0.666. The van der Waals surface area contributed by atoms with Gasteiger partial charge in [-0.15, -0.1) is 0 Å². The van der Waals surface area contributed by atoms with Crippen molar-refractivity contribution in [1.29, 1.82) is 0 Å². The highest BCUT2D eigenvalue weighted by Crippen LogP contribution is 2.03. The van der Waals surface area contributed by atoms with Crippen molar-refractivity contribution in [3.63, 3.8) is 0 Å². The molecule has 0 aliphatic heterocycles. The van der Waals surface area contributed by atoms with Crippen molar-refractivity contribution in [1.82, 2.24) is 0 Å². The molecule has 0 saturated carbocycles. The maximum atomic E-state index is 12.3. The average molecular weight is 196 g/mol. The third-order valence-corrected chi connectivity index (χ3v) is 1.29. The molecule has 0 aliphatic rings. The molecular formula is C11H13FO2. The van der Waals surface area contributed by atoms with Crippen LogP contribution in [0.5, 0.6) is 0 Å². The second-order valence-electron chi connectivity index (χ2n) is 2.22. The van der Waals surface area contributed by atoms with Gasteiger partial charge in [0, 0.05) is 6.08 Å². The second-order valence-corrected chi connectivity index (χ2v) is 2.22. The molecule has 0 aromatic heterocycles. The Labute approximate surface area is 82.7 Å². The molecule has 76 valence electrons. The molecular weight excluding hydrogens is 183 g/mol. The van der Waals surface area contributed by atoms with E-state index in [1.165, 1.54) is 30.3 Å². The number of hydrogen-bond acceptors (Lipinski definition) is 1. The Morgan fingerprint density at radius 1 is 1.29 bits per heavy atom. The van der Waals surface area contributed by atoms with E-state index in [-0.39, 0.29) is 5.82 Å². The van der Waals surface area contributed by atoms with Gasteiger partial charge in [-0.25, -0.2) is 9.18 Å². The van der Waals surface area contributed by atoms with Gasteiger partial charge in [0.05, 0.1) is 0 Å². The third kappa shape index (κ3) is 5.09. The number of hydrogen-bond donors (Lipinski definition) is 1. The summed E-state index contributed by atoms with van der Waals surface area (Å²) in [5, 5.41) is 8.27. The standard InChI is InChI=1S/C9H7FO2.C2H6/c10-8-4-1-7(2-5-8)3-6-9(11)12;1-2/h1-6H,(H,11,12);1-2H3/b6-3+;. The van der Waals surface area contributed by atoms with E-state index in [0.29, 0.717) is 5.56 Å². The molecule has 1 aromatic carbocycles. The fourth-order valence-electron chi connectivity index (χ4n) is 0.741. The lowest BCUT2D eigenvalue weighted by Crippen LogP contribution is -1.85. The fourth-order valence-corrected chi connectivity index (χ4v) is 0.741. The van der Waals surface area contributed by atoms with Gasteiger partial charge in [0.25, 0.3) is 0 Å². The number of halogens is 1. The van der Waals surface area contributed by atoms with Gasteiger partial charge < -0.3 is 5.11 Å². The molecule has 0 heterocycles. The van der Waals surface area contributed by atoms with Crippen LogP contribution in [0, 0.1) is 5.82 Å². The van der Waals surface area contributed by atoms with Crippen LogP contribution in [-0.2, 0) is 4.79 Å². The number of carboxylic acids is 1. The molecule has 1 rings (SSSR count). The van der Waals surface area contributed by atoms with E-state index in [9.17, 15) is 9.18 Å². The summed E-state index contributed by atoms with van der Waals surface area (Å²) in [6.45, 7) is 4.00. The van der Waals surface area contributed by atoms with Gasteiger partial charge in [0.15, 0.2) is 0 Å². The van der Waals surface area contributed by atoms with E-state index in [2.05, 4.69) is 0 Å². The highest BCUT2D eigenvalue weighted by atomic mass is 19.1. The normalized spacial score (nSPS) is 9.36. The largest absolute Gasteiger partial charge is 0.478 e. The Balaban J connectivity index is 0.000000791. The van der Waals surface area contributed by atoms with Crippen molar-refractivity contribution in [3.05, 3.63) is 41.7 Å². The van der Waals surface area contributed by atoms with Crippen molar-refractivity contribution in [2.75, 3.05) is 0 Å². The van der Waals surface area contributed by atoms with Gasteiger partial charge in [0.2, 0.25) is 0 Å². The molecule has 0 saturated heterocycles. The summed E-state index contributed by atoms with van der Waals surface area (Å²) in [5.74, 6) is -1.35. The maximum absolute atomic E-state index is 12.3. The van der Waals surface area contributed by atoms with E-state index in [1.54, 1.807) is 0 Å². The maximum Gasteiger partial charge on any atom is 0.328 e. The van der Waals surface area contributed by atoms with Gasteiger partial charge in [-0.3, -0.25) is 0 Å². The summed E-state index contributed by atoms with van der Waals surface area (Å²) >= 11 is 0. The molecule has 0 spiro atoms. The number of carbonyl (C=O) groups is 1. The average Bonchev–Trinajstić information content (AvgIpc) is 2.20. The lowest BCUT2D eigenvalue weighted by molar-refractivity contribution is -0.131. The summed E-state index contributed by atoms with van der Waals surface area (Å²) in [6, 6.07) is 5.58. The van der Waals surface area contributed by atoms with Gasteiger partial charge >= 0.3 is 5.97 Å². The Morgan fingerprint density at radius 2 is 1.79 bits per heavy atom. The molecule has 3 heteroatoms. The van der Waals surface area contributed by atoms with Crippen LogP contribution in [0.4, 0.5) is 4.39 Å². The van der Waals surface area contributed by atoms with Gasteiger partial charge in [-0.1, -0.05) is 26.0 Å². The van der Waals surface area contributed by atoms with Crippen LogP contribution < -0.4 is 0 Å². The minimum atomic E-state index is -1.01. The van der Waals surface area contributed by atoms with Crippen LogP contribution in [0.3, 0.4) is 0 Å². The van der Waals surface area contributed by atoms with Crippen molar-refractivity contribution >= 4 is 12.0 Å². The lowest BCUT2D eigenvalue weighted by Gasteiger charge is -1.90. The number of rotatable bonds is 2. The topological polar surface area (TPSA) is 37.3 Å².